The zero-order valence-corrected chi connectivity index (χ0v) is 16.7. The van der Waals surface area contributed by atoms with E-state index in [4.69, 9.17) is 4.74 Å². The quantitative estimate of drug-likeness (QED) is 0.548. The first-order chi connectivity index (χ1) is 14.0. The summed E-state index contributed by atoms with van der Waals surface area (Å²) in [6.45, 7) is 1.87. The Morgan fingerprint density at radius 1 is 1.24 bits per heavy atom. The molecule has 4 rings (SSSR count). The number of fused-ring (bicyclic) bond motifs is 1. The van der Waals surface area contributed by atoms with Gasteiger partial charge in [-0.15, -0.1) is 11.3 Å². The molecule has 0 aliphatic heterocycles. The topological polar surface area (TPSA) is 86.1 Å². The van der Waals surface area contributed by atoms with Gasteiger partial charge in [0.1, 0.15) is 12.3 Å². The number of carbonyl (C=O) groups excluding carboxylic acids is 1. The van der Waals surface area contributed by atoms with E-state index in [1.807, 2.05) is 36.6 Å². The van der Waals surface area contributed by atoms with Gasteiger partial charge in [0.05, 0.1) is 30.0 Å². The number of hydrogen-bond donors (Lipinski definition) is 1. The maximum atomic E-state index is 12.6. The Balaban J connectivity index is 1.56. The number of amides is 1. The molecule has 4 aromatic rings. The van der Waals surface area contributed by atoms with Crippen molar-refractivity contribution in [1.29, 1.82) is 0 Å². The van der Waals surface area contributed by atoms with Crippen molar-refractivity contribution >= 4 is 33.4 Å². The van der Waals surface area contributed by atoms with Crippen molar-refractivity contribution in [2.45, 2.75) is 13.5 Å². The summed E-state index contributed by atoms with van der Waals surface area (Å²) in [4.78, 5) is 33.4. The summed E-state index contributed by atoms with van der Waals surface area (Å²) in [5, 5.41) is 5.09. The first kappa shape index (κ1) is 18.8. The first-order valence-electron chi connectivity index (χ1n) is 8.90. The molecule has 0 radical (unpaired) electrons. The smallest absolute Gasteiger partial charge is 0.269 e. The van der Waals surface area contributed by atoms with Gasteiger partial charge < -0.3 is 10.1 Å². The van der Waals surface area contributed by atoms with Gasteiger partial charge in [0.15, 0.2) is 5.13 Å². The van der Waals surface area contributed by atoms with Gasteiger partial charge in [0, 0.05) is 10.9 Å². The molecule has 0 unspecified atom stereocenters. The Bertz CT molecular complexity index is 1260. The van der Waals surface area contributed by atoms with Crippen LogP contribution in [0.25, 0.3) is 22.3 Å². The monoisotopic (exact) mass is 406 g/mol. The van der Waals surface area contributed by atoms with E-state index in [2.05, 4.69) is 15.3 Å². The Morgan fingerprint density at radius 2 is 2.07 bits per heavy atom. The molecule has 0 bridgehead atoms. The first-order valence-corrected chi connectivity index (χ1v) is 9.78. The van der Waals surface area contributed by atoms with Gasteiger partial charge in [-0.05, 0) is 31.2 Å². The third-order valence-electron chi connectivity index (χ3n) is 4.44. The highest BCUT2D eigenvalue weighted by Crippen LogP contribution is 2.32. The molecule has 0 aliphatic rings. The van der Waals surface area contributed by atoms with E-state index in [1.54, 1.807) is 25.3 Å². The number of aryl methyl sites for hydroxylation is 1. The van der Waals surface area contributed by atoms with Crippen LogP contribution in [0.15, 0.2) is 58.8 Å². The summed E-state index contributed by atoms with van der Waals surface area (Å²) in [5.74, 6) is 0.383. The van der Waals surface area contributed by atoms with E-state index in [9.17, 15) is 9.59 Å². The molecule has 0 saturated heterocycles. The van der Waals surface area contributed by atoms with Crippen molar-refractivity contribution in [2.24, 2.45) is 0 Å². The molecular weight excluding hydrogens is 388 g/mol. The number of nitrogens with zero attached hydrogens (tertiary/aromatic N) is 3. The van der Waals surface area contributed by atoms with Gasteiger partial charge in [0.2, 0.25) is 5.91 Å². The lowest BCUT2D eigenvalue weighted by atomic mass is 10.1. The Labute approximate surface area is 170 Å². The molecule has 0 saturated carbocycles. The van der Waals surface area contributed by atoms with Crippen LogP contribution in [0, 0.1) is 6.92 Å². The summed E-state index contributed by atoms with van der Waals surface area (Å²) in [6, 6.07) is 13.1. The predicted molar refractivity (Wildman–Crippen MR) is 113 cm³/mol. The van der Waals surface area contributed by atoms with Gasteiger partial charge >= 0.3 is 0 Å². The van der Waals surface area contributed by atoms with Crippen LogP contribution in [0.3, 0.4) is 0 Å². The second-order valence-electron chi connectivity index (χ2n) is 6.46. The van der Waals surface area contributed by atoms with E-state index < -0.39 is 0 Å². The Hall–Kier alpha value is -3.52. The molecule has 1 N–H and O–H groups in total. The molecular formula is C21H18N4O3S. The number of hydrogen-bond acceptors (Lipinski definition) is 6. The summed E-state index contributed by atoms with van der Waals surface area (Å²) in [7, 11) is 1.61. The highest BCUT2D eigenvalue weighted by molar-refractivity contribution is 7.14. The summed E-state index contributed by atoms with van der Waals surface area (Å²) < 4.78 is 6.81. The fourth-order valence-corrected chi connectivity index (χ4v) is 3.78. The molecule has 29 heavy (non-hydrogen) atoms. The van der Waals surface area contributed by atoms with Crippen LogP contribution >= 0.6 is 11.3 Å². The highest BCUT2D eigenvalue weighted by Gasteiger charge is 2.14. The van der Waals surface area contributed by atoms with Crippen molar-refractivity contribution in [2.75, 3.05) is 12.4 Å². The minimum absolute atomic E-state index is 0.120. The fraction of sp³-hybridized carbons (Fsp3) is 0.143. The average Bonchev–Trinajstić information content (AvgIpc) is 3.18. The lowest BCUT2D eigenvalue weighted by Crippen LogP contribution is -2.27. The van der Waals surface area contributed by atoms with Crippen LogP contribution in [-0.2, 0) is 11.3 Å². The molecule has 2 aromatic carbocycles. The van der Waals surface area contributed by atoms with E-state index in [0.29, 0.717) is 21.9 Å². The van der Waals surface area contributed by atoms with E-state index in [-0.39, 0.29) is 18.0 Å². The number of anilines is 1. The molecule has 2 aromatic heterocycles. The van der Waals surface area contributed by atoms with Crippen LogP contribution in [0.4, 0.5) is 5.13 Å². The molecule has 0 spiro atoms. The minimum Gasteiger partial charge on any atom is -0.496 e. The van der Waals surface area contributed by atoms with Gasteiger partial charge in [0.25, 0.3) is 5.56 Å². The zero-order valence-electron chi connectivity index (χ0n) is 15.9. The van der Waals surface area contributed by atoms with E-state index >= 15 is 0 Å². The van der Waals surface area contributed by atoms with Crippen LogP contribution in [0.2, 0.25) is 0 Å². The van der Waals surface area contributed by atoms with Crippen LogP contribution in [0.1, 0.15) is 5.56 Å². The summed E-state index contributed by atoms with van der Waals surface area (Å²) in [6.07, 6.45) is 1.22. The van der Waals surface area contributed by atoms with Gasteiger partial charge in [-0.25, -0.2) is 9.97 Å². The number of para-hydroxylation sites is 2. The maximum absolute atomic E-state index is 12.6. The number of ether oxygens (including phenoxy) is 1. The van der Waals surface area contributed by atoms with Crippen molar-refractivity contribution < 1.29 is 9.53 Å². The minimum atomic E-state index is -0.333. The molecule has 8 heteroatoms. The number of carbonyl (C=O) groups is 1. The molecule has 7 nitrogen and oxygen atoms in total. The van der Waals surface area contributed by atoms with Gasteiger partial charge in [-0.3, -0.25) is 14.2 Å². The molecule has 146 valence electrons. The standard InChI is InChI=1S/C21H18N4O3S/c1-13-7-8-18(28-2)14(9-13)16-12-29-21(23-16)24-19(26)11-25-17-6-4-3-5-15(17)22-10-20(25)27/h3-10,12H,11H2,1-2H3,(H,23,24,26). The normalized spacial score (nSPS) is 10.8. The maximum Gasteiger partial charge on any atom is 0.269 e. The number of nitrogens with one attached hydrogen (secondary N) is 1. The van der Waals surface area contributed by atoms with Gasteiger partial charge in [-0.2, -0.15) is 0 Å². The van der Waals surface area contributed by atoms with Crippen molar-refractivity contribution in [1.82, 2.24) is 14.5 Å². The lowest BCUT2D eigenvalue weighted by molar-refractivity contribution is -0.116. The second-order valence-corrected chi connectivity index (χ2v) is 7.32. The van der Waals surface area contributed by atoms with Crippen LogP contribution < -0.4 is 15.6 Å². The third-order valence-corrected chi connectivity index (χ3v) is 5.19. The third kappa shape index (κ3) is 3.88. The predicted octanol–water partition coefficient (Wildman–Crippen LogP) is 3.48. The fourth-order valence-electron chi connectivity index (χ4n) is 3.06. The lowest BCUT2D eigenvalue weighted by Gasteiger charge is -2.09. The molecule has 2 heterocycles. The second kappa shape index (κ2) is 7.84. The number of benzene rings is 2. The largest absolute Gasteiger partial charge is 0.496 e. The van der Waals surface area contributed by atoms with E-state index in [1.165, 1.54) is 22.1 Å². The SMILES string of the molecule is COc1ccc(C)cc1-c1csc(NC(=O)Cn2c(=O)cnc3ccccc32)n1. The van der Waals surface area contributed by atoms with Gasteiger partial charge in [-0.1, -0.05) is 23.8 Å². The molecule has 1 amide bonds. The Morgan fingerprint density at radius 3 is 2.90 bits per heavy atom. The number of thiazole rings is 1. The molecule has 0 atom stereocenters. The van der Waals surface area contributed by atoms with Crippen LogP contribution in [0.5, 0.6) is 5.75 Å². The number of rotatable bonds is 5. The highest BCUT2D eigenvalue weighted by atomic mass is 32.1. The van der Waals surface area contributed by atoms with E-state index in [0.717, 1.165) is 16.8 Å². The van der Waals surface area contributed by atoms with Crippen LogP contribution in [-0.4, -0.2) is 27.6 Å². The average molecular weight is 406 g/mol. The van der Waals surface area contributed by atoms with Crippen molar-refractivity contribution in [3.63, 3.8) is 0 Å². The molecule has 0 aliphatic carbocycles. The zero-order chi connectivity index (χ0) is 20.4. The van der Waals surface area contributed by atoms with Crippen molar-refractivity contribution in [3.8, 4) is 17.0 Å². The van der Waals surface area contributed by atoms with Crippen molar-refractivity contribution in [3.05, 3.63) is 70.0 Å². The summed E-state index contributed by atoms with van der Waals surface area (Å²) >= 11 is 1.32. The molecule has 0 fully saturated rings. The Kier molecular flexibility index (Phi) is 5.09. The number of methoxy groups -OCH3 is 1. The summed E-state index contributed by atoms with van der Waals surface area (Å²) in [5.41, 5.74) is 3.60. The number of aromatic nitrogens is 3.